The first-order valence-corrected chi connectivity index (χ1v) is 7.10. The van der Waals surface area contributed by atoms with Gasteiger partial charge in [0.2, 0.25) is 0 Å². The maximum atomic E-state index is 9.31. The Balaban J connectivity index is 2.28. The van der Waals surface area contributed by atoms with E-state index < -0.39 is 0 Å². The molecule has 0 aliphatic carbocycles. The van der Waals surface area contributed by atoms with Crippen molar-refractivity contribution >= 4 is 11.8 Å². The number of rotatable bonds is 5. The Labute approximate surface area is 123 Å². The van der Waals surface area contributed by atoms with Gasteiger partial charge in [0, 0.05) is 16.7 Å². The van der Waals surface area contributed by atoms with Gasteiger partial charge in [-0.3, -0.25) is 0 Å². The van der Waals surface area contributed by atoms with Crippen LogP contribution in [0.15, 0.2) is 47.4 Å². The molecule has 0 N–H and O–H groups in total. The van der Waals surface area contributed by atoms with Crippen molar-refractivity contribution < 1.29 is 9.47 Å². The number of hydrogen-bond donors (Lipinski definition) is 0. The first-order valence-electron chi connectivity index (χ1n) is 6.11. The molecule has 0 aliphatic heterocycles. The van der Waals surface area contributed by atoms with Crippen molar-refractivity contribution in [1.82, 2.24) is 0 Å². The zero-order chi connectivity index (χ0) is 14.4. The summed E-state index contributed by atoms with van der Waals surface area (Å²) in [5.41, 5.74) is 1.76. The lowest BCUT2D eigenvalue weighted by atomic mass is 10.2. The molecule has 0 aliphatic rings. The average molecular weight is 285 g/mol. The molecule has 0 radical (unpaired) electrons. The van der Waals surface area contributed by atoms with Gasteiger partial charge in [0.15, 0.2) is 0 Å². The topological polar surface area (TPSA) is 42.2 Å². The summed E-state index contributed by atoms with van der Waals surface area (Å²) in [6.07, 6.45) is 0. The fourth-order valence-corrected chi connectivity index (χ4v) is 2.81. The van der Waals surface area contributed by atoms with E-state index in [0.29, 0.717) is 17.1 Å². The van der Waals surface area contributed by atoms with Gasteiger partial charge in [0.25, 0.3) is 0 Å². The lowest BCUT2D eigenvalue weighted by molar-refractivity contribution is 0.391. The monoisotopic (exact) mass is 285 g/mol. The van der Waals surface area contributed by atoms with Crippen LogP contribution in [0.25, 0.3) is 0 Å². The summed E-state index contributed by atoms with van der Waals surface area (Å²) < 4.78 is 10.5. The molecule has 0 aromatic heterocycles. The molecule has 4 heteroatoms. The fraction of sp³-hybridized carbons (Fsp3) is 0.188. The Kier molecular flexibility index (Phi) is 4.91. The van der Waals surface area contributed by atoms with Crippen LogP contribution in [0.2, 0.25) is 0 Å². The van der Waals surface area contributed by atoms with Crippen LogP contribution in [0.1, 0.15) is 11.1 Å². The number of nitriles is 1. The number of ether oxygens (including phenoxy) is 2. The summed E-state index contributed by atoms with van der Waals surface area (Å²) >= 11 is 1.60. The minimum atomic E-state index is 0.544. The SMILES string of the molecule is COc1cc(OC)c(C#N)c(SCc2ccccc2)c1. The van der Waals surface area contributed by atoms with Crippen molar-refractivity contribution in [1.29, 1.82) is 5.26 Å². The third kappa shape index (κ3) is 3.25. The molecule has 0 unspecified atom stereocenters. The van der Waals surface area contributed by atoms with E-state index in [0.717, 1.165) is 10.6 Å². The normalized spacial score (nSPS) is 9.85. The molecule has 2 aromatic carbocycles. The van der Waals surface area contributed by atoms with E-state index in [4.69, 9.17) is 9.47 Å². The number of methoxy groups -OCH3 is 2. The fourth-order valence-electron chi connectivity index (χ4n) is 1.80. The molecule has 2 aromatic rings. The summed E-state index contributed by atoms with van der Waals surface area (Å²) in [6, 6.07) is 15.9. The summed E-state index contributed by atoms with van der Waals surface area (Å²) in [6.45, 7) is 0. The zero-order valence-corrected chi connectivity index (χ0v) is 12.2. The highest BCUT2D eigenvalue weighted by atomic mass is 32.2. The molecule has 102 valence electrons. The predicted molar refractivity (Wildman–Crippen MR) is 80.3 cm³/mol. The van der Waals surface area contributed by atoms with Crippen LogP contribution in [0, 0.1) is 11.3 Å². The highest BCUT2D eigenvalue weighted by Crippen LogP contribution is 2.35. The van der Waals surface area contributed by atoms with E-state index >= 15 is 0 Å². The molecule has 3 nitrogen and oxygen atoms in total. The Morgan fingerprint density at radius 1 is 1.10 bits per heavy atom. The Morgan fingerprint density at radius 3 is 2.45 bits per heavy atom. The third-order valence-corrected chi connectivity index (χ3v) is 3.95. The van der Waals surface area contributed by atoms with E-state index in [-0.39, 0.29) is 0 Å². The van der Waals surface area contributed by atoms with E-state index in [1.165, 1.54) is 5.56 Å². The maximum absolute atomic E-state index is 9.31. The van der Waals surface area contributed by atoms with Crippen LogP contribution in [0.5, 0.6) is 11.5 Å². The molecule has 0 spiro atoms. The van der Waals surface area contributed by atoms with Crippen molar-refractivity contribution in [3.8, 4) is 17.6 Å². The lowest BCUT2D eigenvalue weighted by Crippen LogP contribution is -1.93. The highest BCUT2D eigenvalue weighted by molar-refractivity contribution is 7.98. The third-order valence-electron chi connectivity index (χ3n) is 2.84. The predicted octanol–water partition coefficient (Wildman–Crippen LogP) is 3.87. The lowest BCUT2D eigenvalue weighted by Gasteiger charge is -2.11. The Hall–Kier alpha value is -2.12. The van der Waals surface area contributed by atoms with Crippen molar-refractivity contribution in [2.24, 2.45) is 0 Å². The van der Waals surface area contributed by atoms with E-state index in [1.54, 1.807) is 32.0 Å². The van der Waals surface area contributed by atoms with Gasteiger partial charge in [-0.25, -0.2) is 0 Å². The van der Waals surface area contributed by atoms with Crippen LogP contribution < -0.4 is 9.47 Å². The Morgan fingerprint density at radius 2 is 1.85 bits per heavy atom. The quantitative estimate of drug-likeness (QED) is 0.782. The smallest absolute Gasteiger partial charge is 0.141 e. The summed E-state index contributed by atoms with van der Waals surface area (Å²) in [7, 11) is 3.16. The zero-order valence-electron chi connectivity index (χ0n) is 11.4. The van der Waals surface area contributed by atoms with Gasteiger partial charge >= 0.3 is 0 Å². The van der Waals surface area contributed by atoms with Gasteiger partial charge in [-0.1, -0.05) is 30.3 Å². The molecule has 2 rings (SSSR count). The van der Waals surface area contributed by atoms with E-state index in [1.807, 2.05) is 24.3 Å². The second-order valence-electron chi connectivity index (χ2n) is 4.09. The summed E-state index contributed by atoms with van der Waals surface area (Å²) in [5.74, 6) is 2.03. The first-order chi connectivity index (χ1) is 9.78. The Bertz CT molecular complexity index is 620. The number of benzene rings is 2. The minimum absolute atomic E-state index is 0.544. The van der Waals surface area contributed by atoms with E-state index in [9.17, 15) is 5.26 Å². The van der Waals surface area contributed by atoms with Crippen LogP contribution in [0.3, 0.4) is 0 Å². The second kappa shape index (κ2) is 6.88. The molecule has 0 saturated carbocycles. The molecule has 0 bridgehead atoms. The average Bonchev–Trinajstić information content (AvgIpc) is 2.52. The number of nitrogens with zero attached hydrogens (tertiary/aromatic N) is 1. The van der Waals surface area contributed by atoms with Crippen LogP contribution in [0.4, 0.5) is 0 Å². The molecule has 0 fully saturated rings. The summed E-state index contributed by atoms with van der Waals surface area (Å²) in [4.78, 5) is 0.868. The van der Waals surface area contributed by atoms with E-state index in [2.05, 4.69) is 18.2 Å². The van der Waals surface area contributed by atoms with Gasteiger partial charge in [-0.15, -0.1) is 11.8 Å². The molecule has 0 saturated heterocycles. The van der Waals surface area contributed by atoms with Crippen molar-refractivity contribution in [3.05, 3.63) is 53.6 Å². The number of thioether (sulfide) groups is 1. The van der Waals surface area contributed by atoms with Crippen molar-refractivity contribution in [2.75, 3.05) is 14.2 Å². The van der Waals surface area contributed by atoms with Crippen LogP contribution >= 0.6 is 11.8 Å². The molecule has 0 heterocycles. The molecular weight excluding hydrogens is 270 g/mol. The first kappa shape index (κ1) is 14.3. The minimum Gasteiger partial charge on any atom is -0.497 e. The maximum Gasteiger partial charge on any atom is 0.141 e. The van der Waals surface area contributed by atoms with Gasteiger partial charge in [0.1, 0.15) is 23.1 Å². The molecule has 0 amide bonds. The molecule has 20 heavy (non-hydrogen) atoms. The van der Waals surface area contributed by atoms with Gasteiger partial charge in [-0.05, 0) is 11.6 Å². The molecular formula is C16H15NO2S. The number of hydrogen-bond acceptors (Lipinski definition) is 4. The second-order valence-corrected chi connectivity index (χ2v) is 5.11. The van der Waals surface area contributed by atoms with Gasteiger partial charge < -0.3 is 9.47 Å². The van der Waals surface area contributed by atoms with Crippen molar-refractivity contribution in [3.63, 3.8) is 0 Å². The standard InChI is InChI=1S/C16H15NO2S/c1-18-13-8-15(19-2)14(10-17)16(9-13)20-11-12-6-4-3-5-7-12/h3-9H,11H2,1-2H3. The van der Waals surface area contributed by atoms with Crippen LogP contribution in [-0.4, -0.2) is 14.2 Å². The van der Waals surface area contributed by atoms with Crippen molar-refractivity contribution in [2.45, 2.75) is 10.6 Å². The molecule has 0 atom stereocenters. The van der Waals surface area contributed by atoms with Crippen LogP contribution in [-0.2, 0) is 5.75 Å². The largest absolute Gasteiger partial charge is 0.497 e. The van der Waals surface area contributed by atoms with Gasteiger partial charge in [0.05, 0.1) is 14.2 Å². The highest BCUT2D eigenvalue weighted by Gasteiger charge is 2.12. The van der Waals surface area contributed by atoms with Gasteiger partial charge in [-0.2, -0.15) is 5.26 Å². The summed E-state index contributed by atoms with van der Waals surface area (Å²) in [5, 5.41) is 9.31.